The molecule has 0 radical (unpaired) electrons. The molecule has 1 aromatic carbocycles. The minimum Gasteiger partial charge on any atom is -0.436 e. The van der Waals surface area contributed by atoms with Crippen molar-refractivity contribution in [1.29, 1.82) is 0 Å². The number of halogens is 2. The van der Waals surface area contributed by atoms with Gasteiger partial charge in [0.15, 0.2) is 11.6 Å². The number of rotatable bonds is 5. The molecule has 1 N–H and O–H groups in total. The van der Waals surface area contributed by atoms with E-state index in [-0.39, 0.29) is 11.6 Å². The summed E-state index contributed by atoms with van der Waals surface area (Å²) in [5.41, 5.74) is 0.978. The minimum absolute atomic E-state index is 0.0483. The number of pyridine rings is 1. The Morgan fingerprint density at radius 2 is 2.00 bits per heavy atom. The number of hydrogen-bond acceptors (Lipinski definition) is 3. The van der Waals surface area contributed by atoms with Gasteiger partial charge in [0.2, 0.25) is 5.88 Å². The maximum absolute atomic E-state index is 13.5. The standard InChI is InChI=1S/C15H16F2N2O/c1-10(2)19-9-11-5-6-18-15(7-11)20-14-4-3-12(16)8-13(14)17/h3-8,10,19H,9H2,1-2H3. The highest BCUT2D eigenvalue weighted by Gasteiger charge is 2.07. The number of aromatic nitrogens is 1. The van der Waals surface area contributed by atoms with E-state index in [1.165, 1.54) is 6.07 Å². The molecule has 0 saturated carbocycles. The van der Waals surface area contributed by atoms with E-state index in [9.17, 15) is 8.78 Å². The summed E-state index contributed by atoms with van der Waals surface area (Å²) in [7, 11) is 0. The molecule has 2 aromatic rings. The molecule has 20 heavy (non-hydrogen) atoms. The summed E-state index contributed by atoms with van der Waals surface area (Å²) in [4.78, 5) is 4.01. The molecule has 3 nitrogen and oxygen atoms in total. The van der Waals surface area contributed by atoms with Crippen molar-refractivity contribution in [3.8, 4) is 11.6 Å². The van der Waals surface area contributed by atoms with Crippen molar-refractivity contribution in [2.75, 3.05) is 0 Å². The van der Waals surface area contributed by atoms with E-state index in [1.807, 2.05) is 19.9 Å². The van der Waals surface area contributed by atoms with Crippen molar-refractivity contribution in [1.82, 2.24) is 10.3 Å². The maximum atomic E-state index is 13.5. The number of benzene rings is 1. The van der Waals surface area contributed by atoms with Gasteiger partial charge in [-0.15, -0.1) is 0 Å². The molecule has 2 rings (SSSR count). The zero-order chi connectivity index (χ0) is 14.5. The molecular formula is C15H16F2N2O. The summed E-state index contributed by atoms with van der Waals surface area (Å²) >= 11 is 0. The van der Waals surface area contributed by atoms with Gasteiger partial charge in [-0.3, -0.25) is 0 Å². The molecule has 1 heterocycles. The highest BCUT2D eigenvalue weighted by atomic mass is 19.1. The molecule has 0 unspecified atom stereocenters. The molecule has 5 heteroatoms. The zero-order valence-corrected chi connectivity index (χ0v) is 11.4. The molecule has 0 aliphatic rings. The van der Waals surface area contributed by atoms with Gasteiger partial charge in [-0.05, 0) is 23.8 Å². The third-order valence-corrected chi connectivity index (χ3v) is 2.62. The van der Waals surface area contributed by atoms with Crippen molar-refractivity contribution in [2.24, 2.45) is 0 Å². The summed E-state index contributed by atoms with van der Waals surface area (Å²) in [6.07, 6.45) is 1.59. The monoisotopic (exact) mass is 278 g/mol. The Balaban J connectivity index is 2.11. The third-order valence-electron chi connectivity index (χ3n) is 2.62. The lowest BCUT2D eigenvalue weighted by atomic mass is 10.2. The molecule has 0 amide bonds. The van der Waals surface area contributed by atoms with E-state index in [0.717, 1.165) is 17.7 Å². The Morgan fingerprint density at radius 1 is 1.20 bits per heavy atom. The normalized spacial score (nSPS) is 10.8. The van der Waals surface area contributed by atoms with Crippen LogP contribution in [0.1, 0.15) is 19.4 Å². The Labute approximate surface area is 116 Å². The molecule has 0 bridgehead atoms. The van der Waals surface area contributed by atoms with Crippen LogP contribution in [0.3, 0.4) is 0 Å². The molecule has 0 atom stereocenters. The van der Waals surface area contributed by atoms with Crippen molar-refractivity contribution in [2.45, 2.75) is 26.4 Å². The Bertz CT molecular complexity index is 588. The van der Waals surface area contributed by atoms with Crippen molar-refractivity contribution in [3.05, 3.63) is 53.7 Å². The first-order valence-electron chi connectivity index (χ1n) is 6.36. The Kier molecular flexibility index (Phi) is 4.63. The SMILES string of the molecule is CC(C)NCc1ccnc(Oc2ccc(F)cc2F)c1. The van der Waals surface area contributed by atoms with Crippen LogP contribution in [0.4, 0.5) is 8.78 Å². The topological polar surface area (TPSA) is 34.2 Å². The van der Waals surface area contributed by atoms with E-state index in [2.05, 4.69) is 10.3 Å². The fourth-order valence-corrected chi connectivity index (χ4v) is 1.61. The summed E-state index contributed by atoms with van der Waals surface area (Å²) in [6.45, 7) is 4.77. The molecule has 1 aromatic heterocycles. The first kappa shape index (κ1) is 14.4. The fraction of sp³-hybridized carbons (Fsp3) is 0.267. The van der Waals surface area contributed by atoms with Crippen LogP contribution in [0.5, 0.6) is 11.6 Å². The number of ether oxygens (including phenoxy) is 1. The van der Waals surface area contributed by atoms with Crippen molar-refractivity contribution < 1.29 is 13.5 Å². The van der Waals surface area contributed by atoms with E-state index in [1.54, 1.807) is 12.3 Å². The second-order valence-corrected chi connectivity index (χ2v) is 4.71. The van der Waals surface area contributed by atoms with Crippen LogP contribution in [0.15, 0.2) is 36.5 Å². The summed E-state index contributed by atoms with van der Waals surface area (Å²) in [5, 5.41) is 3.26. The van der Waals surface area contributed by atoms with Crippen LogP contribution in [0.25, 0.3) is 0 Å². The van der Waals surface area contributed by atoms with Gasteiger partial charge in [0.1, 0.15) is 5.82 Å². The van der Waals surface area contributed by atoms with Crippen LogP contribution < -0.4 is 10.1 Å². The van der Waals surface area contributed by atoms with Gasteiger partial charge < -0.3 is 10.1 Å². The van der Waals surface area contributed by atoms with Crippen LogP contribution in [0, 0.1) is 11.6 Å². The quantitative estimate of drug-likeness (QED) is 0.906. The smallest absolute Gasteiger partial charge is 0.219 e. The lowest BCUT2D eigenvalue weighted by Crippen LogP contribution is -2.21. The molecule has 0 aliphatic heterocycles. The van der Waals surface area contributed by atoms with E-state index >= 15 is 0 Å². The van der Waals surface area contributed by atoms with E-state index in [0.29, 0.717) is 12.6 Å². The largest absolute Gasteiger partial charge is 0.436 e. The number of nitrogens with zero attached hydrogens (tertiary/aromatic N) is 1. The van der Waals surface area contributed by atoms with Gasteiger partial charge in [0.25, 0.3) is 0 Å². The minimum atomic E-state index is -0.752. The summed E-state index contributed by atoms with van der Waals surface area (Å²) in [5.74, 6) is -1.17. The number of hydrogen-bond donors (Lipinski definition) is 1. The van der Waals surface area contributed by atoms with E-state index < -0.39 is 11.6 Å². The molecule has 0 fully saturated rings. The van der Waals surface area contributed by atoms with Gasteiger partial charge in [0, 0.05) is 30.9 Å². The Morgan fingerprint density at radius 3 is 2.70 bits per heavy atom. The number of nitrogens with one attached hydrogen (secondary N) is 1. The Hall–Kier alpha value is -2.01. The van der Waals surface area contributed by atoms with E-state index in [4.69, 9.17) is 4.74 Å². The lowest BCUT2D eigenvalue weighted by molar-refractivity contribution is 0.422. The predicted molar refractivity (Wildman–Crippen MR) is 72.6 cm³/mol. The second kappa shape index (κ2) is 6.43. The van der Waals surface area contributed by atoms with Gasteiger partial charge in [-0.1, -0.05) is 13.8 Å². The third kappa shape index (κ3) is 3.99. The molecule has 0 spiro atoms. The summed E-state index contributed by atoms with van der Waals surface area (Å²) < 4.78 is 31.6. The predicted octanol–water partition coefficient (Wildman–Crippen LogP) is 3.65. The summed E-state index contributed by atoms with van der Waals surface area (Å²) in [6, 6.07) is 7.09. The highest BCUT2D eigenvalue weighted by Crippen LogP contribution is 2.23. The van der Waals surface area contributed by atoms with Crippen molar-refractivity contribution in [3.63, 3.8) is 0 Å². The first-order chi connectivity index (χ1) is 9.54. The fourth-order valence-electron chi connectivity index (χ4n) is 1.61. The van der Waals surface area contributed by atoms with Crippen LogP contribution in [0.2, 0.25) is 0 Å². The van der Waals surface area contributed by atoms with Gasteiger partial charge >= 0.3 is 0 Å². The first-order valence-corrected chi connectivity index (χ1v) is 6.36. The van der Waals surface area contributed by atoms with Crippen LogP contribution in [-0.2, 0) is 6.54 Å². The average Bonchev–Trinajstić information content (AvgIpc) is 2.40. The lowest BCUT2D eigenvalue weighted by Gasteiger charge is -2.10. The molecule has 106 valence electrons. The van der Waals surface area contributed by atoms with Gasteiger partial charge in [-0.25, -0.2) is 13.8 Å². The van der Waals surface area contributed by atoms with Crippen LogP contribution >= 0.6 is 0 Å². The van der Waals surface area contributed by atoms with Crippen LogP contribution in [-0.4, -0.2) is 11.0 Å². The van der Waals surface area contributed by atoms with Gasteiger partial charge in [0.05, 0.1) is 0 Å². The second-order valence-electron chi connectivity index (χ2n) is 4.71. The average molecular weight is 278 g/mol. The maximum Gasteiger partial charge on any atom is 0.219 e. The molecule has 0 saturated heterocycles. The molecule has 0 aliphatic carbocycles. The highest BCUT2D eigenvalue weighted by molar-refractivity contribution is 5.30. The van der Waals surface area contributed by atoms with Gasteiger partial charge in [-0.2, -0.15) is 0 Å². The molecular weight excluding hydrogens is 262 g/mol. The zero-order valence-electron chi connectivity index (χ0n) is 11.4. The van der Waals surface area contributed by atoms with Crippen molar-refractivity contribution >= 4 is 0 Å².